The van der Waals surface area contributed by atoms with Crippen molar-refractivity contribution in [3.05, 3.63) is 34.9 Å². The van der Waals surface area contributed by atoms with Gasteiger partial charge in [-0.25, -0.2) is 0 Å². The maximum Gasteiger partial charge on any atom is 0.173 e. The monoisotopic (exact) mass is 275 g/mol. The van der Waals surface area contributed by atoms with Gasteiger partial charge in [-0.2, -0.15) is 0 Å². The second kappa shape index (κ2) is 6.25. The fraction of sp³-hybridized carbons (Fsp3) is 0.647. The van der Waals surface area contributed by atoms with Gasteiger partial charge in [0.15, 0.2) is 6.29 Å². The predicted octanol–water partition coefficient (Wildman–Crippen LogP) is 3.03. The molecule has 2 heterocycles. The molecule has 110 valence electrons. The Morgan fingerprint density at radius 1 is 1.05 bits per heavy atom. The van der Waals surface area contributed by atoms with Crippen molar-refractivity contribution in [1.82, 2.24) is 4.90 Å². The lowest BCUT2D eigenvalue weighted by Gasteiger charge is -2.38. The van der Waals surface area contributed by atoms with E-state index in [0.29, 0.717) is 6.04 Å². The molecule has 3 nitrogen and oxygen atoms in total. The van der Waals surface area contributed by atoms with Gasteiger partial charge >= 0.3 is 0 Å². The summed E-state index contributed by atoms with van der Waals surface area (Å²) in [5.41, 5.74) is 4.11. The highest BCUT2D eigenvalue weighted by molar-refractivity contribution is 5.28. The van der Waals surface area contributed by atoms with Gasteiger partial charge in [0.1, 0.15) is 0 Å². The Bertz CT molecular complexity index is 434. The Morgan fingerprint density at radius 2 is 1.75 bits per heavy atom. The number of benzene rings is 1. The van der Waals surface area contributed by atoms with Crippen molar-refractivity contribution in [2.24, 2.45) is 0 Å². The maximum absolute atomic E-state index is 5.74. The van der Waals surface area contributed by atoms with Gasteiger partial charge in [0, 0.05) is 6.54 Å². The SMILES string of the molecule is Cc1cc(C)cc(CN2CCCCC2C2OCCO2)c1. The first-order chi connectivity index (χ1) is 9.72. The Labute approximate surface area is 121 Å². The smallest absolute Gasteiger partial charge is 0.173 e. The Hall–Kier alpha value is -0.900. The summed E-state index contributed by atoms with van der Waals surface area (Å²) in [4.78, 5) is 2.55. The summed E-state index contributed by atoms with van der Waals surface area (Å²) >= 11 is 0. The molecule has 0 amide bonds. The zero-order chi connectivity index (χ0) is 13.9. The summed E-state index contributed by atoms with van der Waals surface area (Å²) in [7, 11) is 0. The third-order valence-electron chi connectivity index (χ3n) is 4.29. The molecule has 2 saturated heterocycles. The van der Waals surface area contributed by atoms with E-state index in [9.17, 15) is 0 Å². The van der Waals surface area contributed by atoms with Crippen molar-refractivity contribution < 1.29 is 9.47 Å². The number of hydrogen-bond acceptors (Lipinski definition) is 3. The molecular formula is C17H25NO2. The number of ether oxygens (including phenoxy) is 2. The molecule has 0 spiro atoms. The third-order valence-corrected chi connectivity index (χ3v) is 4.29. The summed E-state index contributed by atoms with van der Waals surface area (Å²) in [6, 6.07) is 7.26. The lowest BCUT2D eigenvalue weighted by molar-refractivity contribution is -0.111. The van der Waals surface area contributed by atoms with Crippen LogP contribution in [0.1, 0.15) is 36.0 Å². The second-order valence-electron chi connectivity index (χ2n) is 6.14. The van der Waals surface area contributed by atoms with Crippen LogP contribution in [0.2, 0.25) is 0 Å². The zero-order valence-electron chi connectivity index (χ0n) is 12.6. The van der Waals surface area contributed by atoms with Crippen LogP contribution in [0, 0.1) is 13.8 Å². The topological polar surface area (TPSA) is 21.7 Å². The number of hydrogen-bond donors (Lipinski definition) is 0. The first kappa shape index (κ1) is 14.1. The van der Waals surface area contributed by atoms with E-state index < -0.39 is 0 Å². The Morgan fingerprint density at radius 3 is 2.45 bits per heavy atom. The highest BCUT2D eigenvalue weighted by Crippen LogP contribution is 2.26. The number of rotatable bonds is 3. The summed E-state index contributed by atoms with van der Waals surface area (Å²) in [5.74, 6) is 0. The van der Waals surface area contributed by atoms with Crippen molar-refractivity contribution in [2.75, 3.05) is 19.8 Å². The number of aryl methyl sites for hydroxylation is 2. The quantitative estimate of drug-likeness (QED) is 0.846. The summed E-state index contributed by atoms with van der Waals surface area (Å²) in [5, 5.41) is 0. The van der Waals surface area contributed by atoms with Gasteiger partial charge in [0.05, 0.1) is 19.3 Å². The van der Waals surface area contributed by atoms with E-state index in [2.05, 4.69) is 36.9 Å². The minimum atomic E-state index is -0.0128. The van der Waals surface area contributed by atoms with E-state index in [0.717, 1.165) is 26.3 Å². The molecule has 20 heavy (non-hydrogen) atoms. The van der Waals surface area contributed by atoms with E-state index in [4.69, 9.17) is 9.47 Å². The lowest BCUT2D eigenvalue weighted by Crippen LogP contribution is -2.46. The molecule has 0 radical (unpaired) electrons. The van der Waals surface area contributed by atoms with Crippen LogP contribution in [-0.4, -0.2) is 37.0 Å². The normalized spacial score (nSPS) is 25.2. The molecule has 1 aromatic carbocycles. The van der Waals surface area contributed by atoms with Crippen LogP contribution >= 0.6 is 0 Å². The van der Waals surface area contributed by atoms with Crippen molar-refractivity contribution in [3.8, 4) is 0 Å². The van der Waals surface area contributed by atoms with Crippen LogP contribution in [-0.2, 0) is 16.0 Å². The van der Waals surface area contributed by atoms with Crippen molar-refractivity contribution in [1.29, 1.82) is 0 Å². The van der Waals surface area contributed by atoms with Crippen LogP contribution in [0.15, 0.2) is 18.2 Å². The van der Waals surface area contributed by atoms with Crippen LogP contribution in [0.3, 0.4) is 0 Å². The van der Waals surface area contributed by atoms with Gasteiger partial charge in [-0.1, -0.05) is 35.7 Å². The van der Waals surface area contributed by atoms with Gasteiger partial charge in [-0.05, 0) is 38.8 Å². The molecule has 1 unspecified atom stereocenters. The summed E-state index contributed by atoms with van der Waals surface area (Å²) < 4.78 is 11.5. The molecule has 1 aromatic rings. The molecule has 3 rings (SSSR count). The van der Waals surface area contributed by atoms with E-state index >= 15 is 0 Å². The Balaban J connectivity index is 1.72. The van der Waals surface area contributed by atoms with Crippen LogP contribution in [0.5, 0.6) is 0 Å². The van der Waals surface area contributed by atoms with E-state index in [1.165, 1.54) is 36.0 Å². The molecule has 1 atom stereocenters. The van der Waals surface area contributed by atoms with Gasteiger partial charge < -0.3 is 9.47 Å². The van der Waals surface area contributed by atoms with Gasteiger partial charge in [0.2, 0.25) is 0 Å². The van der Waals surface area contributed by atoms with Crippen LogP contribution < -0.4 is 0 Å². The standard InChI is InChI=1S/C17H25NO2/c1-13-9-14(2)11-15(10-13)12-18-6-4-3-5-16(18)17-19-7-8-20-17/h9-11,16-17H,3-8,12H2,1-2H3. The summed E-state index contributed by atoms with van der Waals surface area (Å²) in [6.45, 7) is 8.01. The number of likely N-dealkylation sites (tertiary alicyclic amines) is 1. The lowest BCUT2D eigenvalue weighted by atomic mass is 9.99. The predicted molar refractivity (Wildman–Crippen MR) is 79.7 cm³/mol. The van der Waals surface area contributed by atoms with Crippen LogP contribution in [0.4, 0.5) is 0 Å². The van der Waals surface area contributed by atoms with Gasteiger partial charge in [-0.3, -0.25) is 4.90 Å². The molecule has 0 bridgehead atoms. The third kappa shape index (κ3) is 3.22. The molecule has 2 aliphatic heterocycles. The highest BCUT2D eigenvalue weighted by atomic mass is 16.7. The first-order valence-corrected chi connectivity index (χ1v) is 7.77. The fourth-order valence-electron chi connectivity index (χ4n) is 3.51. The van der Waals surface area contributed by atoms with Crippen LogP contribution in [0.25, 0.3) is 0 Å². The maximum atomic E-state index is 5.74. The summed E-state index contributed by atoms with van der Waals surface area (Å²) in [6.07, 6.45) is 3.75. The average Bonchev–Trinajstić information content (AvgIpc) is 2.92. The minimum absolute atomic E-state index is 0.0128. The average molecular weight is 275 g/mol. The molecule has 3 heteroatoms. The Kier molecular flexibility index (Phi) is 4.39. The van der Waals surface area contributed by atoms with Gasteiger partial charge in [0.25, 0.3) is 0 Å². The second-order valence-corrected chi connectivity index (χ2v) is 6.14. The van der Waals surface area contributed by atoms with Crippen molar-refractivity contribution >= 4 is 0 Å². The van der Waals surface area contributed by atoms with E-state index in [1.807, 2.05) is 0 Å². The zero-order valence-corrected chi connectivity index (χ0v) is 12.6. The molecular weight excluding hydrogens is 250 g/mol. The molecule has 2 fully saturated rings. The van der Waals surface area contributed by atoms with E-state index in [-0.39, 0.29) is 6.29 Å². The molecule has 0 aliphatic carbocycles. The van der Waals surface area contributed by atoms with Crippen molar-refractivity contribution in [3.63, 3.8) is 0 Å². The molecule has 0 aromatic heterocycles. The molecule has 0 saturated carbocycles. The molecule has 2 aliphatic rings. The first-order valence-electron chi connectivity index (χ1n) is 7.77. The van der Waals surface area contributed by atoms with Gasteiger partial charge in [-0.15, -0.1) is 0 Å². The minimum Gasteiger partial charge on any atom is -0.349 e. The van der Waals surface area contributed by atoms with E-state index in [1.54, 1.807) is 0 Å². The number of nitrogens with zero attached hydrogens (tertiary/aromatic N) is 1. The van der Waals surface area contributed by atoms with Crippen molar-refractivity contribution in [2.45, 2.75) is 52.0 Å². The highest BCUT2D eigenvalue weighted by Gasteiger charge is 2.33. The largest absolute Gasteiger partial charge is 0.349 e. The molecule has 0 N–H and O–H groups in total. The number of piperidine rings is 1. The fourth-order valence-corrected chi connectivity index (χ4v) is 3.51.